The van der Waals surface area contributed by atoms with Crippen molar-refractivity contribution < 1.29 is 22.4 Å². The fraction of sp³-hybridized carbons (Fsp3) is 0.471. The van der Waals surface area contributed by atoms with Crippen LogP contribution in [0.15, 0.2) is 21.9 Å². The number of hydrogen-bond acceptors (Lipinski definition) is 7. The highest BCUT2D eigenvalue weighted by Gasteiger charge is 2.30. The summed E-state index contributed by atoms with van der Waals surface area (Å²) >= 11 is 1.27. The van der Waals surface area contributed by atoms with Crippen LogP contribution in [0.3, 0.4) is 0 Å². The molecule has 2 aromatic heterocycles. The molecule has 0 aliphatic carbocycles. The van der Waals surface area contributed by atoms with Crippen molar-refractivity contribution >= 4 is 38.3 Å². The number of nitrogens with zero attached hydrogens (tertiary/aromatic N) is 2. The molecule has 1 unspecified atom stereocenters. The third-order valence-corrected chi connectivity index (χ3v) is 6.41. The number of anilines is 1. The van der Waals surface area contributed by atoms with E-state index in [1.54, 1.807) is 17.5 Å². The van der Waals surface area contributed by atoms with Gasteiger partial charge in [0.05, 0.1) is 18.7 Å². The van der Waals surface area contributed by atoms with E-state index in [4.69, 9.17) is 4.42 Å². The van der Waals surface area contributed by atoms with Gasteiger partial charge in [0.25, 0.3) is 0 Å². The number of carbonyl (C=O) groups excluding carboxylic acids is 2. The van der Waals surface area contributed by atoms with Gasteiger partial charge in [0, 0.05) is 25.4 Å². The molecule has 1 atom stereocenters. The highest BCUT2D eigenvalue weighted by Crippen LogP contribution is 2.28. The van der Waals surface area contributed by atoms with E-state index in [0.717, 1.165) is 6.26 Å². The normalized spacial score (nSPS) is 18.0. The smallest absolute Gasteiger partial charge is 0.230 e. The molecule has 0 saturated carbocycles. The summed E-state index contributed by atoms with van der Waals surface area (Å²) in [5.41, 5.74) is 0.579. The molecule has 3 heterocycles. The van der Waals surface area contributed by atoms with Crippen LogP contribution in [0.5, 0.6) is 0 Å². The third kappa shape index (κ3) is 5.18. The molecule has 1 fully saturated rings. The molecular formula is C17H22N4O5S2. The summed E-state index contributed by atoms with van der Waals surface area (Å²) in [5, 5.41) is 7.61. The monoisotopic (exact) mass is 426 g/mol. The van der Waals surface area contributed by atoms with Gasteiger partial charge in [-0.2, -0.15) is 0 Å². The molecule has 3 rings (SSSR count). The Morgan fingerprint density at radius 3 is 2.89 bits per heavy atom. The fourth-order valence-corrected chi connectivity index (χ4v) is 4.55. The van der Waals surface area contributed by atoms with Gasteiger partial charge in [0.1, 0.15) is 11.5 Å². The van der Waals surface area contributed by atoms with Crippen LogP contribution in [0.2, 0.25) is 0 Å². The average molecular weight is 427 g/mol. The minimum Gasteiger partial charge on any atom is -0.458 e. The van der Waals surface area contributed by atoms with Gasteiger partial charge in [-0.1, -0.05) is 0 Å². The predicted octanol–water partition coefficient (Wildman–Crippen LogP) is 1.65. The van der Waals surface area contributed by atoms with Crippen molar-refractivity contribution in [2.75, 3.05) is 24.7 Å². The zero-order chi connectivity index (χ0) is 20.3. The van der Waals surface area contributed by atoms with Gasteiger partial charge in [-0.3, -0.25) is 9.59 Å². The summed E-state index contributed by atoms with van der Waals surface area (Å²) in [7, 11) is -3.30. The molecule has 2 amide bonds. The molecule has 9 nitrogen and oxygen atoms in total. The van der Waals surface area contributed by atoms with Crippen LogP contribution < -0.4 is 10.6 Å². The summed E-state index contributed by atoms with van der Waals surface area (Å²) < 4.78 is 30.4. The molecule has 28 heavy (non-hydrogen) atoms. The lowest BCUT2D eigenvalue weighted by Gasteiger charge is -2.29. The Morgan fingerprint density at radius 1 is 1.39 bits per heavy atom. The molecule has 2 aromatic rings. The highest BCUT2D eigenvalue weighted by molar-refractivity contribution is 7.88. The Bertz CT molecular complexity index is 966. The molecule has 0 spiro atoms. The van der Waals surface area contributed by atoms with Crippen LogP contribution in [-0.2, 0) is 26.2 Å². The van der Waals surface area contributed by atoms with Crippen molar-refractivity contribution in [3.8, 4) is 11.5 Å². The van der Waals surface area contributed by atoms with Crippen LogP contribution >= 0.6 is 11.3 Å². The minimum atomic E-state index is -3.30. The lowest BCUT2D eigenvalue weighted by Crippen LogP contribution is -2.43. The lowest BCUT2D eigenvalue weighted by atomic mass is 9.99. The first-order valence-corrected chi connectivity index (χ1v) is 11.5. The summed E-state index contributed by atoms with van der Waals surface area (Å²) in [6.45, 7) is 2.36. The van der Waals surface area contributed by atoms with Gasteiger partial charge in [0.15, 0.2) is 10.9 Å². The Hall–Kier alpha value is -2.24. The maximum absolute atomic E-state index is 12.5. The van der Waals surface area contributed by atoms with Crippen molar-refractivity contribution in [3.05, 3.63) is 23.3 Å². The number of sulfonamides is 1. The number of piperidine rings is 1. The zero-order valence-corrected chi connectivity index (χ0v) is 17.2. The molecule has 11 heteroatoms. The SMILES string of the molecule is CC(=O)NCc1ccc(-c2csc(NC(=O)C3CCCN(S(C)(=O)=O)C3)n2)o1. The first-order valence-electron chi connectivity index (χ1n) is 8.77. The second-order valence-corrected chi connectivity index (χ2v) is 9.50. The van der Waals surface area contributed by atoms with E-state index in [1.165, 1.54) is 22.6 Å². The van der Waals surface area contributed by atoms with Crippen LogP contribution in [0, 0.1) is 5.92 Å². The second-order valence-electron chi connectivity index (χ2n) is 6.66. The van der Waals surface area contributed by atoms with Crippen molar-refractivity contribution in [2.24, 2.45) is 5.92 Å². The number of nitrogens with one attached hydrogen (secondary N) is 2. The van der Waals surface area contributed by atoms with E-state index in [1.807, 2.05) is 0 Å². The van der Waals surface area contributed by atoms with Crippen molar-refractivity contribution in [2.45, 2.75) is 26.3 Å². The Balaban J connectivity index is 1.61. The van der Waals surface area contributed by atoms with Crippen LogP contribution in [0.1, 0.15) is 25.5 Å². The third-order valence-electron chi connectivity index (χ3n) is 4.38. The van der Waals surface area contributed by atoms with Gasteiger partial charge in [0.2, 0.25) is 21.8 Å². The van der Waals surface area contributed by atoms with E-state index in [0.29, 0.717) is 48.3 Å². The Morgan fingerprint density at radius 2 is 2.18 bits per heavy atom. The largest absolute Gasteiger partial charge is 0.458 e. The summed E-state index contributed by atoms with van der Waals surface area (Å²) in [4.78, 5) is 27.8. The summed E-state index contributed by atoms with van der Waals surface area (Å²) in [6, 6.07) is 3.51. The van der Waals surface area contributed by atoms with Gasteiger partial charge in [-0.05, 0) is 25.0 Å². The van der Waals surface area contributed by atoms with Gasteiger partial charge >= 0.3 is 0 Å². The topological polar surface area (TPSA) is 122 Å². The zero-order valence-electron chi connectivity index (χ0n) is 15.6. The van der Waals surface area contributed by atoms with Crippen molar-refractivity contribution in [1.29, 1.82) is 0 Å². The van der Waals surface area contributed by atoms with E-state index >= 15 is 0 Å². The van der Waals surface area contributed by atoms with Crippen LogP contribution in [0.4, 0.5) is 5.13 Å². The molecule has 152 valence electrons. The number of carbonyl (C=O) groups is 2. The number of hydrogen-bond donors (Lipinski definition) is 2. The number of aromatic nitrogens is 1. The maximum Gasteiger partial charge on any atom is 0.230 e. The van der Waals surface area contributed by atoms with E-state index < -0.39 is 15.9 Å². The average Bonchev–Trinajstić information content (AvgIpc) is 3.28. The molecule has 1 aliphatic rings. The van der Waals surface area contributed by atoms with Crippen molar-refractivity contribution in [1.82, 2.24) is 14.6 Å². The predicted molar refractivity (Wildman–Crippen MR) is 105 cm³/mol. The van der Waals surface area contributed by atoms with Crippen molar-refractivity contribution in [3.63, 3.8) is 0 Å². The molecule has 0 aromatic carbocycles. The number of amides is 2. The van der Waals surface area contributed by atoms with Gasteiger partial charge in [-0.15, -0.1) is 11.3 Å². The van der Waals surface area contributed by atoms with Crippen LogP contribution in [0.25, 0.3) is 11.5 Å². The number of thiazole rings is 1. The quantitative estimate of drug-likeness (QED) is 0.724. The number of furan rings is 1. The Kier molecular flexibility index (Phi) is 6.16. The van der Waals surface area contributed by atoms with Crippen LogP contribution in [-0.4, -0.2) is 48.9 Å². The summed E-state index contributed by atoms with van der Waals surface area (Å²) in [5.74, 6) is 0.363. The van der Waals surface area contributed by atoms with E-state index in [-0.39, 0.29) is 18.4 Å². The van der Waals surface area contributed by atoms with E-state index in [2.05, 4.69) is 15.6 Å². The summed E-state index contributed by atoms with van der Waals surface area (Å²) in [6.07, 6.45) is 2.45. The standard InChI is InChI=1S/C17H22N4O5S2/c1-11(22)18-8-13-5-6-15(26-13)14-10-27-17(19-14)20-16(23)12-4-3-7-21(9-12)28(2,24)25/h5-6,10,12H,3-4,7-9H2,1-2H3,(H,18,22)(H,19,20,23). The molecule has 1 aliphatic heterocycles. The lowest BCUT2D eigenvalue weighted by molar-refractivity contribution is -0.121. The first-order chi connectivity index (χ1) is 13.2. The van der Waals surface area contributed by atoms with Gasteiger partial charge in [-0.25, -0.2) is 17.7 Å². The molecule has 2 N–H and O–H groups in total. The molecular weight excluding hydrogens is 404 g/mol. The second kappa shape index (κ2) is 8.41. The Labute approximate surface area is 167 Å². The fourth-order valence-electron chi connectivity index (χ4n) is 2.93. The van der Waals surface area contributed by atoms with E-state index in [9.17, 15) is 18.0 Å². The molecule has 0 radical (unpaired) electrons. The van der Waals surface area contributed by atoms with Gasteiger partial charge < -0.3 is 15.1 Å². The maximum atomic E-state index is 12.5. The first kappa shape index (κ1) is 20.5. The number of rotatable bonds is 6. The highest BCUT2D eigenvalue weighted by atomic mass is 32.2. The molecule has 1 saturated heterocycles. The minimum absolute atomic E-state index is 0.145. The molecule has 0 bridgehead atoms.